The Bertz CT molecular complexity index is 899. The minimum atomic E-state index is -0.595. The molecule has 0 aliphatic carbocycles. The van der Waals surface area contributed by atoms with Gasteiger partial charge in [-0.05, 0) is 51.1 Å². The van der Waals surface area contributed by atoms with Gasteiger partial charge in [-0.2, -0.15) is 0 Å². The van der Waals surface area contributed by atoms with Crippen molar-refractivity contribution in [3.63, 3.8) is 0 Å². The Labute approximate surface area is 149 Å². The molecule has 7 heteroatoms. The first-order valence-corrected chi connectivity index (χ1v) is 8.91. The monoisotopic (exact) mass is 356 g/mol. The summed E-state index contributed by atoms with van der Waals surface area (Å²) in [6, 6.07) is 8.68. The van der Waals surface area contributed by atoms with Gasteiger partial charge in [0.25, 0.3) is 5.91 Å². The predicted octanol–water partition coefficient (Wildman–Crippen LogP) is 2.73. The maximum Gasteiger partial charge on any atom is 0.251 e. The van der Waals surface area contributed by atoms with Crippen LogP contribution in [0.3, 0.4) is 0 Å². The van der Waals surface area contributed by atoms with E-state index in [-0.39, 0.29) is 17.9 Å². The van der Waals surface area contributed by atoms with Crippen molar-refractivity contribution in [1.29, 1.82) is 0 Å². The Morgan fingerprint density at radius 3 is 2.52 bits per heavy atom. The van der Waals surface area contributed by atoms with E-state index in [9.17, 15) is 9.59 Å². The fourth-order valence-electron chi connectivity index (χ4n) is 2.38. The lowest BCUT2D eigenvalue weighted by Gasteiger charge is -2.16. The number of nitrogens with one attached hydrogen (secondary N) is 2. The van der Waals surface area contributed by atoms with Crippen LogP contribution in [0.1, 0.15) is 31.1 Å². The maximum absolute atomic E-state index is 12.4. The topological polar surface area (TPSA) is 76.0 Å². The molecule has 0 bridgehead atoms. The van der Waals surface area contributed by atoms with Crippen LogP contribution >= 0.6 is 11.3 Å². The van der Waals surface area contributed by atoms with E-state index in [2.05, 4.69) is 15.6 Å². The van der Waals surface area contributed by atoms with Crippen LogP contribution in [-0.2, 0) is 4.79 Å². The number of aromatic nitrogens is 2. The summed E-state index contributed by atoms with van der Waals surface area (Å²) < 4.78 is 2.86. The Morgan fingerprint density at radius 1 is 1.12 bits per heavy atom. The number of hydrogen-bond donors (Lipinski definition) is 2. The fourth-order valence-corrected chi connectivity index (χ4v) is 3.35. The lowest BCUT2D eigenvalue weighted by Crippen LogP contribution is -2.46. The van der Waals surface area contributed by atoms with E-state index in [0.29, 0.717) is 5.56 Å². The Morgan fingerprint density at radius 2 is 1.84 bits per heavy atom. The van der Waals surface area contributed by atoms with Gasteiger partial charge in [0.2, 0.25) is 5.91 Å². The fraction of sp³-hybridized carbons (Fsp3) is 0.278. The SMILES string of the molecule is CC(C)NC(=O)[C@H](C)NC(=O)c1ccc2nc(-n3cccc3)sc2c1. The summed E-state index contributed by atoms with van der Waals surface area (Å²) in [4.78, 5) is 28.9. The molecule has 2 heterocycles. The second-order valence-electron chi connectivity index (χ2n) is 6.13. The molecule has 2 N–H and O–H groups in total. The molecule has 0 fully saturated rings. The number of hydrogen-bond acceptors (Lipinski definition) is 4. The molecule has 130 valence electrons. The molecule has 3 rings (SSSR count). The molecule has 0 saturated carbocycles. The molecule has 6 nitrogen and oxygen atoms in total. The van der Waals surface area contributed by atoms with E-state index in [1.165, 1.54) is 11.3 Å². The number of rotatable bonds is 5. The maximum atomic E-state index is 12.4. The molecule has 25 heavy (non-hydrogen) atoms. The van der Waals surface area contributed by atoms with Crippen LogP contribution in [0.15, 0.2) is 42.7 Å². The van der Waals surface area contributed by atoms with Crippen molar-refractivity contribution in [3.05, 3.63) is 48.3 Å². The second-order valence-corrected chi connectivity index (χ2v) is 7.14. The predicted molar refractivity (Wildman–Crippen MR) is 99.2 cm³/mol. The third kappa shape index (κ3) is 3.88. The highest BCUT2D eigenvalue weighted by Gasteiger charge is 2.18. The van der Waals surface area contributed by atoms with Crippen molar-refractivity contribution >= 4 is 33.4 Å². The first-order chi connectivity index (χ1) is 11.9. The summed E-state index contributed by atoms with van der Waals surface area (Å²) >= 11 is 1.51. The van der Waals surface area contributed by atoms with Crippen LogP contribution in [0.2, 0.25) is 0 Å². The van der Waals surface area contributed by atoms with E-state index in [1.54, 1.807) is 13.0 Å². The summed E-state index contributed by atoms with van der Waals surface area (Å²) in [5.41, 5.74) is 1.36. The number of carbonyl (C=O) groups is 2. The molecule has 0 radical (unpaired) electrons. The van der Waals surface area contributed by atoms with Crippen molar-refractivity contribution in [2.45, 2.75) is 32.9 Å². The third-order valence-corrected chi connectivity index (χ3v) is 4.67. The summed E-state index contributed by atoms with van der Waals surface area (Å²) in [6.45, 7) is 5.43. The second kappa shape index (κ2) is 7.06. The van der Waals surface area contributed by atoms with E-state index in [4.69, 9.17) is 0 Å². The van der Waals surface area contributed by atoms with Crippen molar-refractivity contribution in [3.8, 4) is 5.13 Å². The zero-order valence-corrected chi connectivity index (χ0v) is 15.1. The van der Waals surface area contributed by atoms with Crippen LogP contribution in [0.25, 0.3) is 15.3 Å². The van der Waals surface area contributed by atoms with Crippen LogP contribution < -0.4 is 10.6 Å². The van der Waals surface area contributed by atoms with Crippen molar-refractivity contribution in [2.75, 3.05) is 0 Å². The largest absolute Gasteiger partial charge is 0.352 e. The number of benzene rings is 1. The molecule has 0 spiro atoms. The number of amides is 2. The normalized spacial score (nSPS) is 12.3. The summed E-state index contributed by atoms with van der Waals surface area (Å²) in [5, 5.41) is 6.36. The average Bonchev–Trinajstić information content (AvgIpc) is 3.22. The van der Waals surface area contributed by atoms with Crippen LogP contribution in [0.5, 0.6) is 0 Å². The molecule has 1 aromatic carbocycles. The minimum absolute atomic E-state index is 0.0347. The smallest absolute Gasteiger partial charge is 0.251 e. The van der Waals surface area contributed by atoms with Gasteiger partial charge >= 0.3 is 0 Å². The molecule has 0 saturated heterocycles. The molecular formula is C18H20N4O2S. The molecule has 2 aromatic heterocycles. The molecule has 0 aliphatic heterocycles. The molecule has 3 aromatic rings. The van der Waals surface area contributed by atoms with E-state index >= 15 is 0 Å². The van der Waals surface area contributed by atoms with Crippen molar-refractivity contribution < 1.29 is 9.59 Å². The van der Waals surface area contributed by atoms with Gasteiger partial charge in [-0.1, -0.05) is 11.3 Å². The molecule has 1 atom stereocenters. The third-order valence-electron chi connectivity index (χ3n) is 3.64. The van der Waals surface area contributed by atoms with Gasteiger partial charge < -0.3 is 15.2 Å². The molecular weight excluding hydrogens is 336 g/mol. The Hall–Kier alpha value is -2.67. The average molecular weight is 356 g/mol. The number of thiazole rings is 1. The highest BCUT2D eigenvalue weighted by Crippen LogP contribution is 2.26. The number of carbonyl (C=O) groups excluding carboxylic acids is 2. The minimum Gasteiger partial charge on any atom is -0.352 e. The lowest BCUT2D eigenvalue weighted by atomic mass is 10.2. The summed E-state index contributed by atoms with van der Waals surface area (Å²) in [6.07, 6.45) is 3.86. The zero-order valence-electron chi connectivity index (χ0n) is 14.3. The quantitative estimate of drug-likeness (QED) is 0.738. The first kappa shape index (κ1) is 17.2. The molecule has 0 aliphatic rings. The van der Waals surface area contributed by atoms with Crippen molar-refractivity contribution in [1.82, 2.24) is 20.2 Å². The van der Waals surface area contributed by atoms with Gasteiger partial charge in [-0.15, -0.1) is 0 Å². The van der Waals surface area contributed by atoms with E-state index in [1.807, 2.05) is 55.1 Å². The highest BCUT2D eigenvalue weighted by molar-refractivity contribution is 7.20. The van der Waals surface area contributed by atoms with Gasteiger partial charge in [0.1, 0.15) is 6.04 Å². The van der Waals surface area contributed by atoms with E-state index in [0.717, 1.165) is 15.3 Å². The molecule has 2 amide bonds. The first-order valence-electron chi connectivity index (χ1n) is 8.09. The number of fused-ring (bicyclic) bond motifs is 1. The van der Waals surface area contributed by atoms with Gasteiger partial charge in [-0.25, -0.2) is 4.98 Å². The van der Waals surface area contributed by atoms with Crippen LogP contribution in [0, 0.1) is 0 Å². The Balaban J connectivity index is 1.77. The highest BCUT2D eigenvalue weighted by atomic mass is 32.1. The van der Waals surface area contributed by atoms with Gasteiger partial charge in [0.05, 0.1) is 10.2 Å². The number of nitrogens with zero attached hydrogens (tertiary/aromatic N) is 2. The summed E-state index contributed by atoms with van der Waals surface area (Å²) in [5.74, 6) is -0.471. The Kier molecular flexibility index (Phi) is 4.85. The molecule has 0 unspecified atom stereocenters. The van der Waals surface area contributed by atoms with Gasteiger partial charge in [-0.3, -0.25) is 9.59 Å². The van der Waals surface area contributed by atoms with Crippen molar-refractivity contribution in [2.24, 2.45) is 0 Å². The summed E-state index contributed by atoms with van der Waals surface area (Å²) in [7, 11) is 0. The van der Waals surface area contributed by atoms with Crippen LogP contribution in [-0.4, -0.2) is 33.4 Å². The van der Waals surface area contributed by atoms with Gasteiger partial charge in [0.15, 0.2) is 5.13 Å². The van der Waals surface area contributed by atoms with E-state index < -0.39 is 6.04 Å². The van der Waals surface area contributed by atoms with Crippen LogP contribution in [0.4, 0.5) is 0 Å². The lowest BCUT2D eigenvalue weighted by molar-refractivity contribution is -0.123. The standard InChI is InChI=1S/C18H20N4O2S/c1-11(2)19-16(23)12(3)20-17(24)13-6-7-14-15(10-13)25-18(21-14)22-8-4-5-9-22/h4-12H,1-3H3,(H,19,23)(H,20,24)/t12-/m0/s1. The zero-order chi connectivity index (χ0) is 18.0. The van der Waals surface area contributed by atoms with Gasteiger partial charge in [0, 0.05) is 24.0 Å².